The van der Waals surface area contributed by atoms with Crippen LogP contribution in [0.25, 0.3) is 11.0 Å². The lowest BCUT2D eigenvalue weighted by atomic mass is 9.77. The lowest BCUT2D eigenvalue weighted by molar-refractivity contribution is -0.116. The zero-order chi connectivity index (χ0) is 21.7. The third-order valence-electron chi connectivity index (χ3n) is 6.60. The number of fused-ring (bicyclic) bond motifs is 3. The molecular weight excluding hydrogens is 398 g/mol. The summed E-state index contributed by atoms with van der Waals surface area (Å²) in [6.07, 6.45) is 1.31. The number of carbonyl (C=O) groups is 1. The fourth-order valence-corrected chi connectivity index (χ4v) is 5.09. The predicted octanol–water partition coefficient (Wildman–Crippen LogP) is 5.46. The van der Waals surface area contributed by atoms with Crippen LogP contribution >= 0.6 is 0 Å². The summed E-state index contributed by atoms with van der Waals surface area (Å²) in [5.74, 6) is 1.94. The van der Waals surface area contributed by atoms with Crippen LogP contribution in [0.5, 0.6) is 5.75 Å². The van der Waals surface area contributed by atoms with Crippen LogP contribution in [0.3, 0.4) is 0 Å². The molecule has 6 rings (SSSR count). The number of anilines is 1. The Morgan fingerprint density at radius 2 is 1.66 bits per heavy atom. The Balaban J connectivity index is 1.52. The van der Waals surface area contributed by atoms with Crippen molar-refractivity contribution in [3.63, 3.8) is 0 Å². The Bertz CT molecular complexity index is 1350. The van der Waals surface area contributed by atoms with Gasteiger partial charge in [-0.2, -0.15) is 0 Å². The highest BCUT2D eigenvalue weighted by Gasteiger charge is 2.39. The average Bonchev–Trinajstić information content (AvgIpc) is 3.21. The summed E-state index contributed by atoms with van der Waals surface area (Å²) in [4.78, 5) is 18.5. The van der Waals surface area contributed by atoms with E-state index in [9.17, 15) is 4.79 Å². The molecule has 0 radical (unpaired) electrons. The van der Waals surface area contributed by atoms with Crippen molar-refractivity contribution in [1.29, 1.82) is 0 Å². The van der Waals surface area contributed by atoms with Gasteiger partial charge in [-0.25, -0.2) is 4.98 Å². The maximum absolute atomic E-state index is 13.6. The second-order valence-corrected chi connectivity index (χ2v) is 8.43. The van der Waals surface area contributed by atoms with Crippen molar-refractivity contribution >= 4 is 22.8 Å². The van der Waals surface area contributed by atoms with E-state index in [0.717, 1.165) is 46.0 Å². The maximum Gasteiger partial charge on any atom is 0.209 e. The third kappa shape index (κ3) is 2.93. The first kappa shape index (κ1) is 18.9. The van der Waals surface area contributed by atoms with Gasteiger partial charge < -0.3 is 10.1 Å². The van der Waals surface area contributed by atoms with Crippen molar-refractivity contribution in [2.24, 2.45) is 0 Å². The smallest absolute Gasteiger partial charge is 0.209 e. The molecule has 2 heterocycles. The number of imidazole rings is 1. The number of hydrogen-bond donors (Lipinski definition) is 1. The number of nitrogens with zero attached hydrogens (tertiary/aromatic N) is 2. The first-order chi connectivity index (χ1) is 15.7. The fourth-order valence-electron chi connectivity index (χ4n) is 5.09. The maximum atomic E-state index is 13.6. The number of para-hydroxylation sites is 2. The van der Waals surface area contributed by atoms with Gasteiger partial charge in [0.2, 0.25) is 5.95 Å². The molecule has 3 aromatic carbocycles. The van der Waals surface area contributed by atoms with Gasteiger partial charge in [0.05, 0.1) is 24.2 Å². The van der Waals surface area contributed by atoms with Crippen LogP contribution in [-0.4, -0.2) is 22.4 Å². The molecule has 0 unspecified atom stereocenters. The summed E-state index contributed by atoms with van der Waals surface area (Å²) in [5.41, 5.74) is 6.02. The standard InChI is InChI=1S/C27H23N3O2/c1-32-20-13-11-18(12-14-20)26-25-22(15-19(16-24(25)31)17-7-3-2-4-8-17)29-27-28-21-9-5-6-10-23(21)30(26)27/h2-14,19,26H,15-16H2,1H3,(H,28,29)/t19-,26+/m0/s1. The zero-order valence-corrected chi connectivity index (χ0v) is 17.8. The molecule has 0 fully saturated rings. The van der Waals surface area contributed by atoms with Crippen LogP contribution in [0, 0.1) is 0 Å². The molecule has 32 heavy (non-hydrogen) atoms. The van der Waals surface area contributed by atoms with Crippen molar-refractivity contribution < 1.29 is 9.53 Å². The Morgan fingerprint density at radius 3 is 2.44 bits per heavy atom. The number of ketones is 1. The van der Waals surface area contributed by atoms with Crippen molar-refractivity contribution in [1.82, 2.24) is 9.55 Å². The lowest BCUT2D eigenvalue weighted by Gasteiger charge is -2.36. The highest BCUT2D eigenvalue weighted by Crippen LogP contribution is 2.46. The van der Waals surface area contributed by atoms with E-state index in [1.54, 1.807) is 7.11 Å². The van der Waals surface area contributed by atoms with Crippen molar-refractivity contribution in [2.45, 2.75) is 24.8 Å². The summed E-state index contributed by atoms with van der Waals surface area (Å²) in [6, 6.07) is 26.2. The summed E-state index contributed by atoms with van der Waals surface area (Å²) in [6.45, 7) is 0. The molecule has 158 valence electrons. The van der Waals surface area contributed by atoms with Crippen molar-refractivity contribution in [2.75, 3.05) is 12.4 Å². The lowest BCUT2D eigenvalue weighted by Crippen LogP contribution is -2.33. The predicted molar refractivity (Wildman–Crippen MR) is 125 cm³/mol. The minimum Gasteiger partial charge on any atom is -0.497 e. The number of methoxy groups -OCH3 is 1. The second kappa shape index (κ2) is 7.38. The quantitative estimate of drug-likeness (QED) is 0.477. The van der Waals surface area contributed by atoms with Crippen LogP contribution in [0.4, 0.5) is 5.95 Å². The first-order valence-corrected chi connectivity index (χ1v) is 10.9. The Hall–Kier alpha value is -3.86. The molecule has 1 aromatic heterocycles. The molecule has 1 N–H and O–H groups in total. The van der Waals surface area contributed by atoms with Gasteiger partial charge in [-0.3, -0.25) is 9.36 Å². The van der Waals surface area contributed by atoms with Crippen molar-refractivity contribution in [3.8, 4) is 5.75 Å². The van der Waals surface area contributed by atoms with Crippen molar-refractivity contribution in [3.05, 3.63) is 101 Å². The minimum absolute atomic E-state index is 0.169. The van der Waals surface area contributed by atoms with E-state index in [1.165, 1.54) is 5.56 Å². The molecule has 0 saturated heterocycles. The van der Waals surface area contributed by atoms with Gasteiger partial charge in [0.25, 0.3) is 0 Å². The number of Topliss-reactive ketones (excluding diaryl/α,β-unsaturated/α-hetero) is 1. The zero-order valence-electron chi connectivity index (χ0n) is 17.8. The number of allylic oxidation sites excluding steroid dienone is 2. The average molecular weight is 422 g/mol. The van der Waals surface area contributed by atoms with Crippen LogP contribution < -0.4 is 10.1 Å². The van der Waals surface area contributed by atoms with Crippen LogP contribution in [-0.2, 0) is 4.79 Å². The van der Waals surface area contributed by atoms with Crippen LogP contribution in [0.15, 0.2) is 90.1 Å². The summed E-state index contributed by atoms with van der Waals surface area (Å²) in [5, 5.41) is 3.53. The van der Waals surface area contributed by atoms with Gasteiger partial charge >= 0.3 is 0 Å². The molecular formula is C27H23N3O2. The Labute approximate surface area is 186 Å². The van der Waals surface area contributed by atoms with E-state index in [0.29, 0.717) is 6.42 Å². The van der Waals surface area contributed by atoms with Crippen LogP contribution in [0.1, 0.15) is 35.9 Å². The number of hydrogen-bond acceptors (Lipinski definition) is 4. The molecule has 0 saturated carbocycles. The molecule has 5 nitrogen and oxygen atoms in total. The number of carbonyl (C=O) groups excluding carboxylic acids is 1. The van der Waals surface area contributed by atoms with Gasteiger partial charge in [0, 0.05) is 17.7 Å². The first-order valence-electron chi connectivity index (χ1n) is 10.9. The molecule has 2 atom stereocenters. The van der Waals surface area contributed by atoms with Gasteiger partial charge in [0.1, 0.15) is 5.75 Å². The monoisotopic (exact) mass is 421 g/mol. The molecule has 4 aromatic rings. The fraction of sp³-hybridized carbons (Fsp3) is 0.185. The molecule has 0 amide bonds. The van der Waals surface area contributed by atoms with E-state index < -0.39 is 0 Å². The van der Waals surface area contributed by atoms with E-state index in [4.69, 9.17) is 9.72 Å². The van der Waals surface area contributed by atoms with E-state index >= 15 is 0 Å². The Kier molecular flexibility index (Phi) is 4.35. The molecule has 2 aliphatic rings. The Morgan fingerprint density at radius 1 is 0.906 bits per heavy atom. The molecule has 0 bridgehead atoms. The van der Waals surface area contributed by atoms with Gasteiger partial charge in [-0.15, -0.1) is 0 Å². The number of rotatable bonds is 3. The second-order valence-electron chi connectivity index (χ2n) is 8.43. The summed E-state index contributed by atoms with van der Waals surface area (Å²) in [7, 11) is 1.66. The summed E-state index contributed by atoms with van der Waals surface area (Å²) < 4.78 is 7.53. The number of ether oxygens (including phenoxy) is 1. The topological polar surface area (TPSA) is 56.1 Å². The normalized spacial score (nSPS) is 20.0. The van der Waals surface area contributed by atoms with E-state index in [2.05, 4.69) is 40.2 Å². The van der Waals surface area contributed by atoms with E-state index in [-0.39, 0.29) is 17.7 Å². The van der Waals surface area contributed by atoms with Gasteiger partial charge in [0.15, 0.2) is 5.78 Å². The molecule has 0 spiro atoms. The van der Waals surface area contributed by atoms with Crippen LogP contribution in [0.2, 0.25) is 0 Å². The van der Waals surface area contributed by atoms with E-state index in [1.807, 2.05) is 48.5 Å². The summed E-state index contributed by atoms with van der Waals surface area (Å²) >= 11 is 0. The molecule has 1 aliphatic carbocycles. The SMILES string of the molecule is COc1ccc([C@@H]2C3=C(C[C@H](c4ccccc4)CC3=O)Nc3nc4ccccc4n32)cc1. The highest BCUT2D eigenvalue weighted by molar-refractivity contribution is 6.01. The molecule has 5 heteroatoms. The number of nitrogens with one attached hydrogen (secondary N) is 1. The number of aromatic nitrogens is 2. The van der Waals surface area contributed by atoms with Gasteiger partial charge in [-0.1, -0.05) is 54.6 Å². The largest absolute Gasteiger partial charge is 0.497 e. The highest BCUT2D eigenvalue weighted by atomic mass is 16.5. The third-order valence-corrected chi connectivity index (χ3v) is 6.60. The minimum atomic E-state index is -0.219. The number of benzene rings is 3. The molecule has 1 aliphatic heterocycles. The van der Waals surface area contributed by atoms with Gasteiger partial charge in [-0.05, 0) is 47.7 Å².